The highest BCUT2D eigenvalue weighted by Gasteiger charge is 2.18. The normalized spacial score (nSPS) is 17.4. The lowest BCUT2D eigenvalue weighted by molar-refractivity contribution is 0.249. The largest absolute Gasteiger partial charge is 0.354 e. The van der Waals surface area contributed by atoms with E-state index in [4.69, 9.17) is 5.84 Å². The number of hydrogen-bond acceptors (Lipinski definition) is 3. The van der Waals surface area contributed by atoms with Crippen molar-refractivity contribution in [3.8, 4) is 0 Å². The van der Waals surface area contributed by atoms with Crippen molar-refractivity contribution in [1.29, 1.82) is 0 Å². The summed E-state index contributed by atoms with van der Waals surface area (Å²) in [6.45, 7) is 4.93. The van der Waals surface area contributed by atoms with Crippen molar-refractivity contribution in [3.63, 3.8) is 0 Å². The van der Waals surface area contributed by atoms with Gasteiger partial charge in [0.2, 0.25) is 5.96 Å². The lowest BCUT2D eigenvalue weighted by Gasteiger charge is -2.24. The molecule has 1 aliphatic carbocycles. The second kappa shape index (κ2) is 9.16. The predicted molar refractivity (Wildman–Crippen MR) is 77.4 cm³/mol. The summed E-state index contributed by atoms with van der Waals surface area (Å²) in [6, 6.07) is 0.776. The van der Waals surface area contributed by atoms with Crippen molar-refractivity contribution in [3.05, 3.63) is 0 Å². The van der Waals surface area contributed by atoms with Crippen LogP contribution >= 0.6 is 0 Å². The van der Waals surface area contributed by atoms with Gasteiger partial charge >= 0.3 is 0 Å². The molecule has 0 saturated heterocycles. The molecule has 0 unspecified atom stereocenters. The monoisotopic (exact) mass is 255 g/mol. The first-order valence-electron chi connectivity index (χ1n) is 7.23. The minimum atomic E-state index is 0.711. The van der Waals surface area contributed by atoms with Crippen LogP contribution in [-0.2, 0) is 0 Å². The standard InChI is InChI=1S/C13H29N5/c1-3-4-9-15-13(17-14)16-10-11-18(2)12-7-5-6-8-12/h12H,3-11,14H2,1-2H3,(H2,15,16,17). The lowest BCUT2D eigenvalue weighted by atomic mass is 10.2. The average molecular weight is 255 g/mol. The van der Waals surface area contributed by atoms with E-state index in [1.54, 1.807) is 0 Å². The summed E-state index contributed by atoms with van der Waals surface area (Å²) in [6.07, 6.45) is 7.74. The van der Waals surface area contributed by atoms with Gasteiger partial charge in [-0.3, -0.25) is 10.4 Å². The Morgan fingerprint density at radius 1 is 1.39 bits per heavy atom. The summed E-state index contributed by atoms with van der Waals surface area (Å²) in [5, 5.41) is 3.25. The Bertz CT molecular complexity index is 236. The third kappa shape index (κ3) is 5.69. The van der Waals surface area contributed by atoms with Gasteiger partial charge in [-0.15, -0.1) is 0 Å². The molecule has 0 aliphatic heterocycles. The van der Waals surface area contributed by atoms with Crippen molar-refractivity contribution < 1.29 is 0 Å². The molecule has 0 aromatic heterocycles. The van der Waals surface area contributed by atoms with Gasteiger partial charge < -0.3 is 10.2 Å². The van der Waals surface area contributed by atoms with Gasteiger partial charge in [0.15, 0.2) is 0 Å². The van der Waals surface area contributed by atoms with Crippen LogP contribution in [0.25, 0.3) is 0 Å². The Labute approximate surface area is 111 Å². The zero-order chi connectivity index (χ0) is 13.2. The molecule has 0 aromatic carbocycles. The van der Waals surface area contributed by atoms with Crippen LogP contribution in [0, 0.1) is 0 Å². The molecule has 0 aromatic rings. The Morgan fingerprint density at radius 3 is 2.72 bits per heavy atom. The van der Waals surface area contributed by atoms with Crippen LogP contribution in [0.1, 0.15) is 45.4 Å². The fourth-order valence-corrected chi connectivity index (χ4v) is 2.38. The van der Waals surface area contributed by atoms with E-state index in [2.05, 4.69) is 34.6 Å². The van der Waals surface area contributed by atoms with E-state index in [9.17, 15) is 0 Å². The number of unbranched alkanes of at least 4 members (excludes halogenated alkanes) is 1. The smallest absolute Gasteiger partial charge is 0.205 e. The molecule has 0 amide bonds. The molecule has 1 fully saturated rings. The predicted octanol–water partition coefficient (Wildman–Crippen LogP) is 1.07. The van der Waals surface area contributed by atoms with Gasteiger partial charge in [-0.05, 0) is 26.3 Å². The van der Waals surface area contributed by atoms with E-state index in [1.807, 2.05) is 0 Å². The topological polar surface area (TPSA) is 65.7 Å². The Kier molecular flexibility index (Phi) is 7.76. The van der Waals surface area contributed by atoms with Gasteiger partial charge in [-0.1, -0.05) is 26.2 Å². The van der Waals surface area contributed by atoms with E-state index in [0.717, 1.165) is 38.5 Å². The number of likely N-dealkylation sites (N-methyl/N-ethyl adjacent to an activating group) is 1. The molecule has 0 spiro atoms. The van der Waals surface area contributed by atoms with Crippen molar-refractivity contribution >= 4 is 5.96 Å². The molecule has 106 valence electrons. The fraction of sp³-hybridized carbons (Fsp3) is 0.923. The minimum Gasteiger partial charge on any atom is -0.354 e. The zero-order valence-electron chi connectivity index (χ0n) is 11.9. The number of aliphatic imine (C=N–C) groups is 1. The quantitative estimate of drug-likeness (QED) is 0.209. The molecule has 1 rings (SSSR count). The molecule has 4 N–H and O–H groups in total. The molecule has 0 bridgehead atoms. The summed E-state index contributed by atoms with van der Waals surface area (Å²) in [5.74, 6) is 6.15. The lowest BCUT2D eigenvalue weighted by Crippen LogP contribution is -2.45. The SMILES string of the molecule is CCCCN=C(NN)NCCN(C)C1CCCC1. The van der Waals surface area contributed by atoms with Gasteiger partial charge in [-0.2, -0.15) is 0 Å². The van der Waals surface area contributed by atoms with Crippen LogP contribution in [0.3, 0.4) is 0 Å². The molecule has 5 heteroatoms. The summed E-state index contributed by atoms with van der Waals surface area (Å²) < 4.78 is 0. The van der Waals surface area contributed by atoms with E-state index < -0.39 is 0 Å². The van der Waals surface area contributed by atoms with Crippen molar-refractivity contribution in [2.75, 3.05) is 26.7 Å². The average Bonchev–Trinajstić information content (AvgIpc) is 2.91. The summed E-state index contributed by atoms with van der Waals surface area (Å²) in [7, 11) is 2.21. The Morgan fingerprint density at radius 2 is 2.11 bits per heavy atom. The number of guanidine groups is 1. The molecule has 5 nitrogen and oxygen atoms in total. The maximum atomic E-state index is 5.44. The third-order valence-electron chi connectivity index (χ3n) is 3.62. The maximum Gasteiger partial charge on any atom is 0.205 e. The molecule has 18 heavy (non-hydrogen) atoms. The van der Waals surface area contributed by atoms with Crippen molar-refractivity contribution in [1.82, 2.24) is 15.6 Å². The molecule has 0 atom stereocenters. The first-order chi connectivity index (χ1) is 8.77. The van der Waals surface area contributed by atoms with Crippen LogP contribution in [0.4, 0.5) is 0 Å². The molecule has 0 heterocycles. The summed E-state index contributed by atoms with van der Waals surface area (Å²) >= 11 is 0. The second-order valence-electron chi connectivity index (χ2n) is 5.07. The summed E-state index contributed by atoms with van der Waals surface area (Å²) in [5.41, 5.74) is 2.62. The number of nitrogens with zero attached hydrogens (tertiary/aromatic N) is 2. The second-order valence-corrected chi connectivity index (χ2v) is 5.07. The minimum absolute atomic E-state index is 0.711. The van der Waals surface area contributed by atoms with E-state index in [0.29, 0.717) is 5.96 Å². The number of hydrazine groups is 1. The third-order valence-corrected chi connectivity index (χ3v) is 3.62. The van der Waals surface area contributed by atoms with Crippen molar-refractivity contribution in [2.24, 2.45) is 10.8 Å². The molecule has 1 aliphatic rings. The van der Waals surface area contributed by atoms with Crippen LogP contribution < -0.4 is 16.6 Å². The first kappa shape index (κ1) is 15.2. The number of nitrogens with one attached hydrogen (secondary N) is 2. The van der Waals surface area contributed by atoms with E-state index in [1.165, 1.54) is 25.7 Å². The molecular weight excluding hydrogens is 226 g/mol. The van der Waals surface area contributed by atoms with E-state index in [-0.39, 0.29) is 0 Å². The number of nitrogens with two attached hydrogens (primary N) is 1. The van der Waals surface area contributed by atoms with Crippen LogP contribution in [0.15, 0.2) is 4.99 Å². The molecule has 1 saturated carbocycles. The highest BCUT2D eigenvalue weighted by molar-refractivity contribution is 5.79. The van der Waals surface area contributed by atoms with Gasteiger partial charge in [0, 0.05) is 25.7 Å². The van der Waals surface area contributed by atoms with Gasteiger partial charge in [0.1, 0.15) is 0 Å². The number of hydrogen-bond donors (Lipinski definition) is 3. The van der Waals surface area contributed by atoms with E-state index >= 15 is 0 Å². The van der Waals surface area contributed by atoms with Gasteiger partial charge in [-0.25, -0.2) is 5.84 Å². The van der Waals surface area contributed by atoms with Crippen LogP contribution in [0.2, 0.25) is 0 Å². The highest BCUT2D eigenvalue weighted by atomic mass is 15.3. The highest BCUT2D eigenvalue weighted by Crippen LogP contribution is 2.21. The summed E-state index contributed by atoms with van der Waals surface area (Å²) in [4.78, 5) is 6.82. The molecular formula is C13H29N5. The molecule has 0 radical (unpaired) electrons. The fourth-order valence-electron chi connectivity index (χ4n) is 2.38. The van der Waals surface area contributed by atoms with Gasteiger partial charge in [0.25, 0.3) is 0 Å². The number of rotatable bonds is 7. The van der Waals surface area contributed by atoms with Crippen LogP contribution in [0.5, 0.6) is 0 Å². The first-order valence-corrected chi connectivity index (χ1v) is 7.23. The Hall–Kier alpha value is -0.810. The Balaban J connectivity index is 2.15. The van der Waals surface area contributed by atoms with Crippen LogP contribution in [-0.4, -0.2) is 43.6 Å². The maximum absolute atomic E-state index is 5.44. The van der Waals surface area contributed by atoms with Gasteiger partial charge in [0.05, 0.1) is 0 Å². The van der Waals surface area contributed by atoms with Crippen molar-refractivity contribution in [2.45, 2.75) is 51.5 Å². The zero-order valence-corrected chi connectivity index (χ0v) is 11.9.